The van der Waals surface area contributed by atoms with Gasteiger partial charge in [0, 0.05) is 20.1 Å². The van der Waals surface area contributed by atoms with E-state index in [4.69, 9.17) is 4.84 Å². The predicted octanol–water partition coefficient (Wildman–Crippen LogP) is 2.88. The van der Waals surface area contributed by atoms with Gasteiger partial charge in [-0.05, 0) is 6.04 Å². The van der Waals surface area contributed by atoms with Crippen molar-refractivity contribution in [2.45, 2.75) is 44.3 Å². The summed E-state index contributed by atoms with van der Waals surface area (Å²) in [4.78, 5) is 5.55. The van der Waals surface area contributed by atoms with E-state index < -0.39 is 14.2 Å². The van der Waals surface area contributed by atoms with Gasteiger partial charge in [0.25, 0.3) is 0 Å². The average Bonchev–Trinajstić information content (AvgIpc) is 2.28. The van der Waals surface area contributed by atoms with Gasteiger partial charge in [0.15, 0.2) is 0 Å². The minimum Gasteiger partial charge on any atom is -0.392 e. The summed E-state index contributed by atoms with van der Waals surface area (Å²) >= 11 is 0. The van der Waals surface area contributed by atoms with Gasteiger partial charge in [0.1, 0.15) is 17.9 Å². The lowest BCUT2D eigenvalue weighted by Crippen LogP contribution is -2.37. The van der Waals surface area contributed by atoms with Gasteiger partial charge >= 0.3 is 0 Å². The molecule has 1 aliphatic heterocycles. The Bertz CT molecular complexity index is 425. The molecule has 0 saturated heterocycles. The van der Waals surface area contributed by atoms with Crippen LogP contribution in [0.3, 0.4) is 0 Å². The van der Waals surface area contributed by atoms with E-state index in [2.05, 4.69) is 24.8 Å². The molecule has 2 rings (SSSR count). The molecule has 3 nitrogen and oxygen atoms in total. The van der Waals surface area contributed by atoms with Crippen LogP contribution in [0.25, 0.3) is 0 Å². The van der Waals surface area contributed by atoms with Crippen molar-refractivity contribution in [2.75, 3.05) is 0 Å². The second kappa shape index (κ2) is 5.24. The summed E-state index contributed by atoms with van der Waals surface area (Å²) in [6.45, 7) is 6.91. The summed E-state index contributed by atoms with van der Waals surface area (Å²) in [5.74, 6) is 0. The van der Waals surface area contributed by atoms with Gasteiger partial charge in [0.2, 0.25) is 0 Å². The third-order valence-electron chi connectivity index (χ3n) is 3.01. The fraction of sp³-hybridized carbons (Fsp3) is 0.500. The summed E-state index contributed by atoms with van der Waals surface area (Å²) in [5, 5.41) is 14.3. The normalized spacial score (nSPS) is 24.3. The van der Waals surface area contributed by atoms with Crippen molar-refractivity contribution in [3.63, 3.8) is 0 Å². The molecule has 0 aromatic heterocycles. The minimum absolute atomic E-state index is 0.0686. The Morgan fingerprint density at radius 1 is 1.28 bits per heavy atom. The Morgan fingerprint density at radius 2 is 1.94 bits per heavy atom. The lowest BCUT2D eigenvalue weighted by atomic mass is 10.0. The number of oxime groups is 1. The fourth-order valence-electron chi connectivity index (χ4n) is 2.25. The Hall–Kier alpha value is -1.13. The van der Waals surface area contributed by atoms with Crippen LogP contribution in [0.15, 0.2) is 35.5 Å². The summed E-state index contributed by atoms with van der Waals surface area (Å²) in [6, 6.07) is 10.8. The lowest BCUT2D eigenvalue weighted by molar-refractivity contribution is 0.0220. The first-order chi connectivity index (χ1) is 8.46. The number of aliphatic hydroxyl groups excluding tert-OH is 1. The van der Waals surface area contributed by atoms with Crippen LogP contribution in [0, 0.1) is 0 Å². The second-order valence-corrected chi connectivity index (χ2v) is 11.6. The smallest absolute Gasteiger partial charge is 0.128 e. The molecule has 0 fully saturated rings. The first-order valence-corrected chi connectivity index (χ1v) is 10.1. The Labute approximate surface area is 109 Å². The molecule has 1 N–H and O–H groups in total. The van der Waals surface area contributed by atoms with Crippen molar-refractivity contribution in [1.29, 1.82) is 0 Å². The topological polar surface area (TPSA) is 41.8 Å². The molecule has 0 radical (unpaired) electrons. The first-order valence-electron chi connectivity index (χ1n) is 6.43. The van der Waals surface area contributed by atoms with E-state index in [-0.39, 0.29) is 6.10 Å². The number of nitrogens with zero attached hydrogens (tertiary/aromatic N) is 1. The molecule has 98 valence electrons. The van der Waals surface area contributed by atoms with Crippen LogP contribution >= 0.6 is 0 Å². The van der Waals surface area contributed by atoms with Crippen LogP contribution in [0.5, 0.6) is 0 Å². The molecular weight excluding hydrogens is 242 g/mol. The van der Waals surface area contributed by atoms with E-state index in [0.29, 0.717) is 12.1 Å². The van der Waals surface area contributed by atoms with Crippen LogP contribution < -0.4 is 0 Å². The maximum absolute atomic E-state index is 10.2. The largest absolute Gasteiger partial charge is 0.392 e. The third-order valence-corrected chi connectivity index (χ3v) is 4.69. The summed E-state index contributed by atoms with van der Waals surface area (Å²) < 4.78 is 0. The molecule has 0 saturated carbocycles. The predicted molar refractivity (Wildman–Crippen MR) is 76.6 cm³/mol. The lowest BCUT2D eigenvalue weighted by Gasteiger charge is -2.29. The molecule has 0 amide bonds. The van der Waals surface area contributed by atoms with E-state index >= 15 is 0 Å². The highest BCUT2D eigenvalue weighted by atomic mass is 28.3. The summed E-state index contributed by atoms with van der Waals surface area (Å²) in [7, 11) is -1.18. The number of benzene rings is 1. The molecule has 4 heteroatoms. The highest BCUT2D eigenvalue weighted by Crippen LogP contribution is 2.23. The summed E-state index contributed by atoms with van der Waals surface area (Å²) in [6.07, 6.45) is 0.208. The zero-order valence-corrected chi connectivity index (χ0v) is 12.3. The number of aliphatic hydroxyl groups is 1. The van der Waals surface area contributed by atoms with Crippen LogP contribution in [0.1, 0.15) is 12.0 Å². The van der Waals surface area contributed by atoms with Crippen LogP contribution in [-0.4, -0.2) is 31.1 Å². The van der Waals surface area contributed by atoms with Crippen molar-refractivity contribution in [3.8, 4) is 0 Å². The van der Waals surface area contributed by atoms with Gasteiger partial charge in [-0.3, -0.25) is 0 Å². The second-order valence-electron chi connectivity index (χ2n) is 6.09. The SMILES string of the molecule is C[Si](C)(C)C[C@H]1C[C@@H](O)C(c2ccccc2)=NO1. The third kappa shape index (κ3) is 3.43. The Kier molecular flexibility index (Phi) is 3.87. The number of hydrogen-bond acceptors (Lipinski definition) is 3. The first kappa shape index (κ1) is 13.3. The van der Waals surface area contributed by atoms with E-state index in [1.165, 1.54) is 0 Å². The van der Waals surface area contributed by atoms with Gasteiger partial charge in [-0.2, -0.15) is 0 Å². The van der Waals surface area contributed by atoms with Gasteiger partial charge in [-0.1, -0.05) is 55.1 Å². The highest BCUT2D eigenvalue weighted by molar-refractivity contribution is 6.76. The molecular formula is C14H21NO2Si. The fourth-order valence-corrected chi connectivity index (χ4v) is 3.86. The zero-order valence-electron chi connectivity index (χ0n) is 11.3. The van der Waals surface area contributed by atoms with Crippen molar-refractivity contribution in [3.05, 3.63) is 35.9 Å². The molecule has 0 unspecified atom stereocenters. The van der Waals surface area contributed by atoms with Gasteiger partial charge in [-0.25, -0.2) is 0 Å². The monoisotopic (exact) mass is 263 g/mol. The highest BCUT2D eigenvalue weighted by Gasteiger charge is 2.30. The maximum Gasteiger partial charge on any atom is 0.128 e. The van der Waals surface area contributed by atoms with Crippen molar-refractivity contribution < 1.29 is 9.94 Å². The molecule has 1 aliphatic rings. The standard InChI is InChI=1S/C14H21NO2Si/c1-18(2,3)10-12-9-13(16)14(15-17-12)11-7-5-4-6-8-11/h4-8,12-13,16H,9-10H2,1-3H3/t12-,13-/m1/s1. The molecule has 18 heavy (non-hydrogen) atoms. The van der Waals surface area contributed by atoms with E-state index in [1.54, 1.807) is 0 Å². The molecule has 0 aliphatic carbocycles. The Balaban J connectivity index is 2.09. The van der Waals surface area contributed by atoms with Gasteiger partial charge in [0.05, 0.1) is 0 Å². The molecule has 1 heterocycles. The van der Waals surface area contributed by atoms with Crippen LogP contribution in [0.4, 0.5) is 0 Å². The molecule has 0 spiro atoms. The van der Waals surface area contributed by atoms with E-state index in [1.807, 2.05) is 30.3 Å². The maximum atomic E-state index is 10.2. The molecule has 1 aromatic rings. The van der Waals surface area contributed by atoms with Crippen molar-refractivity contribution >= 4 is 13.8 Å². The summed E-state index contributed by atoms with van der Waals surface area (Å²) in [5.41, 5.74) is 1.60. The Morgan fingerprint density at radius 3 is 2.50 bits per heavy atom. The van der Waals surface area contributed by atoms with Gasteiger partial charge in [-0.15, -0.1) is 0 Å². The van der Waals surface area contributed by atoms with Crippen LogP contribution in [-0.2, 0) is 4.84 Å². The molecule has 2 atom stereocenters. The molecule has 1 aromatic carbocycles. The van der Waals surface area contributed by atoms with Crippen LogP contribution in [0.2, 0.25) is 25.7 Å². The van der Waals surface area contributed by atoms with E-state index in [9.17, 15) is 5.11 Å². The van der Waals surface area contributed by atoms with Crippen molar-refractivity contribution in [1.82, 2.24) is 0 Å². The van der Waals surface area contributed by atoms with Crippen molar-refractivity contribution in [2.24, 2.45) is 5.16 Å². The number of hydrogen-bond donors (Lipinski definition) is 1. The number of rotatable bonds is 3. The average molecular weight is 263 g/mol. The molecule has 0 bridgehead atoms. The van der Waals surface area contributed by atoms with E-state index in [0.717, 1.165) is 11.6 Å². The zero-order chi connectivity index (χ0) is 13.2. The van der Waals surface area contributed by atoms with Gasteiger partial charge < -0.3 is 9.94 Å². The minimum atomic E-state index is -1.18. The quantitative estimate of drug-likeness (QED) is 0.852.